The molecule has 1 unspecified atom stereocenters. The van der Waals surface area contributed by atoms with Crippen molar-refractivity contribution in [1.29, 1.82) is 0 Å². The van der Waals surface area contributed by atoms with Crippen LogP contribution in [-0.4, -0.2) is 55.9 Å². The number of phosphoric acid groups is 1. The standard InChI is InChI=1S/C12H26NO6P/c1-5-17-20(16,18-6-2)19-10-11(13(3)4)8-7-9-12(14)15/h11H,5-10H2,1-4H3,(H,14,15). The first-order valence-electron chi connectivity index (χ1n) is 6.76. The number of hydrogen-bond donors (Lipinski definition) is 1. The Bertz CT molecular complexity index is 313. The third-order valence-corrected chi connectivity index (χ3v) is 4.27. The Hall–Kier alpha value is -0.460. The summed E-state index contributed by atoms with van der Waals surface area (Å²) in [5.41, 5.74) is 0. The molecule has 7 nitrogen and oxygen atoms in total. The second-order valence-corrected chi connectivity index (χ2v) is 6.15. The number of hydrogen-bond acceptors (Lipinski definition) is 6. The van der Waals surface area contributed by atoms with Crippen molar-refractivity contribution in [3.8, 4) is 0 Å². The number of likely N-dealkylation sites (N-methyl/N-ethyl adjacent to an activating group) is 1. The number of phosphoric ester groups is 1. The molecule has 0 aliphatic carbocycles. The molecule has 0 saturated heterocycles. The highest BCUT2D eigenvalue weighted by atomic mass is 31.2. The minimum atomic E-state index is -3.51. The largest absolute Gasteiger partial charge is 0.481 e. The molecule has 0 spiro atoms. The molecule has 0 heterocycles. The van der Waals surface area contributed by atoms with E-state index in [1.165, 1.54) is 0 Å². The van der Waals surface area contributed by atoms with Gasteiger partial charge in [-0.25, -0.2) is 4.57 Å². The fourth-order valence-electron chi connectivity index (χ4n) is 1.58. The van der Waals surface area contributed by atoms with Gasteiger partial charge in [0, 0.05) is 12.5 Å². The SMILES string of the molecule is CCOP(=O)(OCC)OCC(CCCC(=O)O)N(C)C. The number of carbonyl (C=O) groups is 1. The molecule has 0 radical (unpaired) electrons. The maximum absolute atomic E-state index is 12.1. The molecule has 0 aromatic rings. The molecule has 1 atom stereocenters. The van der Waals surface area contributed by atoms with Gasteiger partial charge in [0.25, 0.3) is 0 Å². The van der Waals surface area contributed by atoms with Gasteiger partial charge < -0.3 is 10.0 Å². The maximum Gasteiger partial charge on any atom is 0.474 e. The molecular formula is C12H26NO6P. The molecule has 0 fully saturated rings. The van der Waals surface area contributed by atoms with E-state index in [0.29, 0.717) is 12.8 Å². The fourth-order valence-corrected chi connectivity index (χ4v) is 2.80. The van der Waals surface area contributed by atoms with Crippen molar-refractivity contribution in [2.45, 2.75) is 39.2 Å². The van der Waals surface area contributed by atoms with Crippen molar-refractivity contribution in [2.75, 3.05) is 33.9 Å². The number of aliphatic carboxylic acids is 1. The summed E-state index contributed by atoms with van der Waals surface area (Å²) in [4.78, 5) is 12.4. The van der Waals surface area contributed by atoms with Crippen LogP contribution in [0.1, 0.15) is 33.1 Å². The molecule has 1 N–H and O–H groups in total. The Balaban J connectivity index is 4.36. The van der Waals surface area contributed by atoms with Crippen LogP contribution in [0.2, 0.25) is 0 Å². The van der Waals surface area contributed by atoms with Gasteiger partial charge in [-0.1, -0.05) is 0 Å². The lowest BCUT2D eigenvalue weighted by Crippen LogP contribution is -2.32. The molecule has 20 heavy (non-hydrogen) atoms. The van der Waals surface area contributed by atoms with Crippen LogP contribution in [0, 0.1) is 0 Å². The molecule has 120 valence electrons. The molecular weight excluding hydrogens is 285 g/mol. The van der Waals surface area contributed by atoms with Crippen molar-refractivity contribution in [3.63, 3.8) is 0 Å². The lowest BCUT2D eigenvalue weighted by molar-refractivity contribution is -0.137. The van der Waals surface area contributed by atoms with E-state index in [9.17, 15) is 9.36 Å². The minimum absolute atomic E-state index is 0.0383. The van der Waals surface area contributed by atoms with E-state index < -0.39 is 13.8 Å². The Labute approximate surface area is 120 Å². The quantitative estimate of drug-likeness (QED) is 0.554. The average molecular weight is 311 g/mol. The third-order valence-electron chi connectivity index (χ3n) is 2.66. The Kier molecular flexibility index (Phi) is 10.1. The van der Waals surface area contributed by atoms with Gasteiger partial charge in [0.05, 0.1) is 19.8 Å². The van der Waals surface area contributed by atoms with E-state index in [-0.39, 0.29) is 32.3 Å². The first-order valence-corrected chi connectivity index (χ1v) is 8.22. The fraction of sp³-hybridized carbons (Fsp3) is 0.917. The van der Waals surface area contributed by atoms with Crippen molar-refractivity contribution < 1.29 is 28.0 Å². The lowest BCUT2D eigenvalue weighted by Gasteiger charge is -2.25. The smallest absolute Gasteiger partial charge is 0.474 e. The second kappa shape index (κ2) is 10.3. The van der Waals surface area contributed by atoms with Crippen molar-refractivity contribution in [3.05, 3.63) is 0 Å². The molecule has 0 rings (SSSR count). The average Bonchev–Trinajstić information content (AvgIpc) is 2.33. The van der Waals surface area contributed by atoms with Crippen LogP contribution >= 0.6 is 7.82 Å². The molecule has 0 aromatic heterocycles. The van der Waals surface area contributed by atoms with Crippen molar-refractivity contribution in [1.82, 2.24) is 4.90 Å². The van der Waals surface area contributed by atoms with Crippen LogP contribution in [0.25, 0.3) is 0 Å². The van der Waals surface area contributed by atoms with Crippen LogP contribution in [0.4, 0.5) is 0 Å². The molecule has 0 aromatic carbocycles. The Morgan fingerprint density at radius 2 is 1.75 bits per heavy atom. The first-order chi connectivity index (χ1) is 9.34. The predicted molar refractivity (Wildman–Crippen MR) is 75.8 cm³/mol. The summed E-state index contributed by atoms with van der Waals surface area (Å²) in [6.07, 6.45) is 1.28. The monoisotopic (exact) mass is 311 g/mol. The van der Waals surface area contributed by atoms with Gasteiger partial charge in [-0.2, -0.15) is 0 Å². The van der Waals surface area contributed by atoms with E-state index in [2.05, 4.69) is 0 Å². The summed E-state index contributed by atoms with van der Waals surface area (Å²) >= 11 is 0. The highest BCUT2D eigenvalue weighted by molar-refractivity contribution is 7.48. The predicted octanol–water partition coefficient (Wildman–Crippen LogP) is 2.37. The molecule has 0 bridgehead atoms. The van der Waals surface area contributed by atoms with Crippen LogP contribution in [0.15, 0.2) is 0 Å². The van der Waals surface area contributed by atoms with Gasteiger partial charge in [0.15, 0.2) is 0 Å². The van der Waals surface area contributed by atoms with E-state index in [4.69, 9.17) is 18.7 Å². The van der Waals surface area contributed by atoms with Gasteiger partial charge in [0.2, 0.25) is 0 Å². The summed E-state index contributed by atoms with van der Waals surface area (Å²) in [5.74, 6) is -0.822. The van der Waals surface area contributed by atoms with Crippen LogP contribution in [0.3, 0.4) is 0 Å². The van der Waals surface area contributed by atoms with E-state index in [0.717, 1.165) is 0 Å². The lowest BCUT2D eigenvalue weighted by atomic mass is 10.1. The van der Waals surface area contributed by atoms with Crippen LogP contribution in [0.5, 0.6) is 0 Å². The molecule has 0 aliphatic rings. The number of nitrogens with zero attached hydrogens (tertiary/aromatic N) is 1. The normalized spacial score (nSPS) is 13.7. The number of carboxylic acids is 1. The van der Waals surface area contributed by atoms with Gasteiger partial charge in [-0.3, -0.25) is 18.4 Å². The maximum atomic E-state index is 12.1. The van der Waals surface area contributed by atoms with E-state index in [1.807, 2.05) is 19.0 Å². The Morgan fingerprint density at radius 3 is 2.15 bits per heavy atom. The number of rotatable bonds is 12. The Morgan fingerprint density at radius 1 is 1.20 bits per heavy atom. The highest BCUT2D eigenvalue weighted by Gasteiger charge is 2.27. The summed E-state index contributed by atoms with van der Waals surface area (Å²) in [5, 5.41) is 8.63. The van der Waals surface area contributed by atoms with E-state index >= 15 is 0 Å². The zero-order valence-corrected chi connectivity index (χ0v) is 13.6. The number of carboxylic acid groups (broad SMARTS) is 1. The first kappa shape index (κ1) is 19.5. The van der Waals surface area contributed by atoms with Crippen LogP contribution in [-0.2, 0) is 22.9 Å². The van der Waals surface area contributed by atoms with Crippen molar-refractivity contribution in [2.24, 2.45) is 0 Å². The third kappa shape index (κ3) is 8.66. The molecule has 0 saturated carbocycles. The van der Waals surface area contributed by atoms with E-state index in [1.54, 1.807) is 13.8 Å². The van der Waals surface area contributed by atoms with Gasteiger partial charge in [-0.15, -0.1) is 0 Å². The summed E-state index contributed by atoms with van der Waals surface area (Å²) < 4.78 is 27.5. The molecule has 0 aliphatic heterocycles. The second-order valence-electron chi connectivity index (χ2n) is 4.48. The molecule has 0 amide bonds. The van der Waals surface area contributed by atoms with Gasteiger partial charge >= 0.3 is 13.8 Å². The highest BCUT2D eigenvalue weighted by Crippen LogP contribution is 2.49. The van der Waals surface area contributed by atoms with Gasteiger partial charge in [0.1, 0.15) is 0 Å². The zero-order valence-electron chi connectivity index (χ0n) is 12.7. The van der Waals surface area contributed by atoms with Crippen molar-refractivity contribution >= 4 is 13.8 Å². The molecule has 8 heteroatoms. The van der Waals surface area contributed by atoms with Gasteiger partial charge in [-0.05, 0) is 40.8 Å². The van der Waals surface area contributed by atoms with Crippen LogP contribution < -0.4 is 0 Å². The summed E-state index contributed by atoms with van der Waals surface area (Å²) in [6, 6.07) is -0.0383. The summed E-state index contributed by atoms with van der Waals surface area (Å²) in [6.45, 7) is 4.08. The minimum Gasteiger partial charge on any atom is -0.481 e. The topological polar surface area (TPSA) is 85.3 Å². The summed E-state index contributed by atoms with van der Waals surface area (Å²) in [7, 11) is 0.217. The zero-order chi connectivity index (χ0) is 15.6.